The van der Waals surface area contributed by atoms with Crippen LogP contribution in [-0.4, -0.2) is 30.7 Å². The average molecular weight is 456 g/mol. The van der Waals surface area contributed by atoms with Crippen molar-refractivity contribution in [1.29, 1.82) is 0 Å². The second-order valence-electron chi connectivity index (χ2n) is 7.89. The van der Waals surface area contributed by atoms with Crippen LogP contribution >= 0.6 is 24.0 Å². The van der Waals surface area contributed by atoms with E-state index in [9.17, 15) is 4.79 Å². The Morgan fingerprint density at radius 3 is 2.71 bits per heavy atom. The fourth-order valence-corrected chi connectivity index (χ4v) is 4.50. The molecule has 0 aliphatic carbocycles. The molecule has 1 N–H and O–H groups in total. The number of halogens is 2. The number of benzene rings is 2. The zero-order valence-corrected chi connectivity index (χ0v) is 18.9. The summed E-state index contributed by atoms with van der Waals surface area (Å²) in [5.74, 6) is 0. The number of nitrogens with zero attached hydrogens (tertiary/aromatic N) is 2. The van der Waals surface area contributed by atoms with Crippen LogP contribution in [0.2, 0.25) is 5.02 Å². The summed E-state index contributed by atoms with van der Waals surface area (Å²) in [6.07, 6.45) is 1.73. The Bertz CT molecular complexity index is 1320. The number of nitrogens with one attached hydrogen (secondary N) is 1. The fourth-order valence-electron chi connectivity index (χ4n) is 4.25. The van der Waals surface area contributed by atoms with Gasteiger partial charge in [0.15, 0.2) is 11.1 Å². The van der Waals surface area contributed by atoms with Crippen molar-refractivity contribution < 1.29 is 4.42 Å². The molecule has 1 atom stereocenters. The van der Waals surface area contributed by atoms with Crippen LogP contribution in [0.15, 0.2) is 57.9 Å². The number of hydrogen-bond acceptors (Lipinski definition) is 5. The summed E-state index contributed by atoms with van der Waals surface area (Å²) in [6.45, 7) is 7.14. The van der Waals surface area contributed by atoms with Gasteiger partial charge in [-0.2, -0.15) is 0 Å². The molecular formula is C24H23Cl2N3O2. The lowest BCUT2D eigenvalue weighted by molar-refractivity contribution is 0.485. The molecular weight excluding hydrogens is 433 g/mol. The lowest BCUT2D eigenvalue weighted by Crippen LogP contribution is -2.49. The highest BCUT2D eigenvalue weighted by molar-refractivity contribution is 6.35. The highest BCUT2D eigenvalue weighted by atomic mass is 35.5. The van der Waals surface area contributed by atoms with Crippen LogP contribution in [0.1, 0.15) is 12.5 Å². The number of aryl methyl sites for hydroxylation is 1. The third-order valence-electron chi connectivity index (χ3n) is 5.74. The second kappa shape index (κ2) is 8.50. The van der Waals surface area contributed by atoms with E-state index in [-0.39, 0.29) is 17.8 Å². The zero-order valence-electron chi connectivity index (χ0n) is 17.3. The molecule has 1 aliphatic rings. The lowest BCUT2D eigenvalue weighted by atomic mass is 9.99. The molecule has 1 aliphatic heterocycles. The minimum absolute atomic E-state index is 0. The van der Waals surface area contributed by atoms with Crippen LogP contribution in [0.4, 0.5) is 5.69 Å². The summed E-state index contributed by atoms with van der Waals surface area (Å²) >= 11 is 6.26. The summed E-state index contributed by atoms with van der Waals surface area (Å²) < 4.78 is 6.17. The number of pyridine rings is 1. The molecule has 5 rings (SSSR count). The van der Waals surface area contributed by atoms with Crippen LogP contribution in [-0.2, 0) is 0 Å². The molecule has 0 bridgehead atoms. The highest BCUT2D eigenvalue weighted by Crippen LogP contribution is 2.33. The normalized spacial score (nSPS) is 16.5. The number of rotatable bonds is 2. The van der Waals surface area contributed by atoms with Gasteiger partial charge < -0.3 is 14.6 Å². The Morgan fingerprint density at radius 1 is 1.19 bits per heavy atom. The van der Waals surface area contributed by atoms with Crippen LogP contribution in [0, 0.1) is 6.92 Å². The van der Waals surface area contributed by atoms with Crippen molar-refractivity contribution in [1.82, 2.24) is 10.3 Å². The van der Waals surface area contributed by atoms with E-state index in [1.807, 2.05) is 6.92 Å². The molecule has 3 heterocycles. The fraction of sp³-hybridized carbons (Fsp3) is 0.250. The molecule has 31 heavy (non-hydrogen) atoms. The van der Waals surface area contributed by atoms with Crippen molar-refractivity contribution in [2.45, 2.75) is 19.9 Å². The van der Waals surface area contributed by atoms with E-state index < -0.39 is 0 Å². The molecule has 1 saturated heterocycles. The third-order valence-corrected chi connectivity index (χ3v) is 6.06. The first-order valence-electron chi connectivity index (χ1n) is 10.1. The topological polar surface area (TPSA) is 58.4 Å². The molecule has 4 aromatic rings. The zero-order chi connectivity index (χ0) is 20.8. The van der Waals surface area contributed by atoms with Gasteiger partial charge in [-0.05, 0) is 49.2 Å². The molecule has 5 nitrogen and oxygen atoms in total. The third kappa shape index (κ3) is 3.78. The van der Waals surface area contributed by atoms with Crippen molar-refractivity contribution in [3.8, 4) is 11.1 Å². The van der Waals surface area contributed by atoms with E-state index in [4.69, 9.17) is 16.0 Å². The molecule has 2 aromatic heterocycles. The molecule has 1 fully saturated rings. The SMILES string of the molecule is Cc1cnc2c(=O)c3c(Cl)cccc3oc2c1-c1ccc(N2CCN[C@@H](C)C2)cc1.Cl. The van der Waals surface area contributed by atoms with Gasteiger partial charge in [-0.25, -0.2) is 4.98 Å². The van der Waals surface area contributed by atoms with Gasteiger partial charge in [0.05, 0.1) is 10.4 Å². The first-order chi connectivity index (χ1) is 14.5. The van der Waals surface area contributed by atoms with Crippen LogP contribution in [0.5, 0.6) is 0 Å². The van der Waals surface area contributed by atoms with E-state index in [0.717, 1.165) is 36.3 Å². The minimum atomic E-state index is -0.204. The first kappa shape index (κ1) is 21.6. The van der Waals surface area contributed by atoms with E-state index in [1.54, 1.807) is 24.4 Å². The van der Waals surface area contributed by atoms with E-state index >= 15 is 0 Å². The van der Waals surface area contributed by atoms with Crippen molar-refractivity contribution in [3.63, 3.8) is 0 Å². The van der Waals surface area contributed by atoms with Gasteiger partial charge in [-0.15, -0.1) is 12.4 Å². The molecule has 2 aromatic carbocycles. The van der Waals surface area contributed by atoms with Gasteiger partial charge in [0.25, 0.3) is 0 Å². The smallest absolute Gasteiger partial charge is 0.220 e. The Morgan fingerprint density at radius 2 is 1.97 bits per heavy atom. The first-order valence-corrected chi connectivity index (χ1v) is 10.5. The van der Waals surface area contributed by atoms with Crippen molar-refractivity contribution >= 4 is 51.8 Å². The molecule has 160 valence electrons. The maximum atomic E-state index is 13.1. The van der Waals surface area contributed by atoms with E-state index in [0.29, 0.717) is 33.1 Å². The quantitative estimate of drug-likeness (QED) is 0.421. The number of fused-ring (bicyclic) bond motifs is 2. The van der Waals surface area contributed by atoms with Crippen molar-refractivity contribution in [3.05, 3.63) is 69.5 Å². The monoisotopic (exact) mass is 455 g/mol. The van der Waals surface area contributed by atoms with Gasteiger partial charge in [0.1, 0.15) is 5.58 Å². The molecule has 0 saturated carbocycles. The molecule has 0 spiro atoms. The Labute approximate surface area is 191 Å². The van der Waals surface area contributed by atoms with E-state index in [2.05, 4.69) is 46.4 Å². The van der Waals surface area contributed by atoms with Gasteiger partial charge in [0.2, 0.25) is 5.43 Å². The van der Waals surface area contributed by atoms with Gasteiger partial charge in [-0.3, -0.25) is 4.79 Å². The van der Waals surface area contributed by atoms with E-state index in [1.165, 1.54) is 5.69 Å². The maximum absolute atomic E-state index is 13.1. The van der Waals surface area contributed by atoms with Gasteiger partial charge >= 0.3 is 0 Å². The van der Waals surface area contributed by atoms with Crippen molar-refractivity contribution in [2.24, 2.45) is 0 Å². The van der Waals surface area contributed by atoms with Crippen LogP contribution in [0.25, 0.3) is 33.2 Å². The Balaban J connectivity index is 0.00000231. The Hall–Kier alpha value is -2.60. The summed E-state index contributed by atoms with van der Waals surface area (Å²) in [4.78, 5) is 19.8. The molecule has 0 radical (unpaired) electrons. The lowest BCUT2D eigenvalue weighted by Gasteiger charge is -2.33. The molecule has 0 amide bonds. The average Bonchev–Trinajstić information content (AvgIpc) is 2.74. The number of piperazine rings is 1. The van der Waals surface area contributed by atoms with Crippen LogP contribution in [0.3, 0.4) is 0 Å². The highest BCUT2D eigenvalue weighted by Gasteiger charge is 2.19. The minimum Gasteiger partial charge on any atom is -0.453 e. The van der Waals surface area contributed by atoms with Crippen LogP contribution < -0.4 is 15.6 Å². The summed E-state index contributed by atoms with van der Waals surface area (Å²) in [5, 5.41) is 4.22. The number of hydrogen-bond donors (Lipinski definition) is 1. The summed E-state index contributed by atoms with van der Waals surface area (Å²) in [7, 11) is 0. The summed E-state index contributed by atoms with van der Waals surface area (Å²) in [5.41, 5.74) is 5.10. The molecule has 7 heteroatoms. The summed E-state index contributed by atoms with van der Waals surface area (Å²) in [6, 6.07) is 14.2. The van der Waals surface area contributed by atoms with Gasteiger partial charge in [0, 0.05) is 43.1 Å². The predicted molar refractivity (Wildman–Crippen MR) is 130 cm³/mol. The van der Waals surface area contributed by atoms with Gasteiger partial charge in [-0.1, -0.05) is 29.8 Å². The number of aromatic nitrogens is 1. The number of anilines is 1. The maximum Gasteiger partial charge on any atom is 0.220 e. The standard InChI is InChI=1S/C24H22ClN3O2.ClH/c1-14-12-27-22-23(29)21-18(25)4-3-5-19(21)30-24(22)20(14)16-6-8-17(9-7-16)28-11-10-26-15(2)13-28;/h3-9,12,15,26H,10-11,13H2,1-2H3;1H/t15-;/m0./s1. The van der Waals surface area contributed by atoms with Crippen molar-refractivity contribution in [2.75, 3.05) is 24.5 Å². The Kier molecular flexibility index (Phi) is 5.93. The predicted octanol–water partition coefficient (Wildman–Crippen LogP) is 5.19. The second-order valence-corrected chi connectivity index (χ2v) is 8.29. The largest absolute Gasteiger partial charge is 0.453 e. The molecule has 0 unspecified atom stereocenters.